The van der Waals surface area contributed by atoms with Gasteiger partial charge < -0.3 is 44.9 Å². The summed E-state index contributed by atoms with van der Waals surface area (Å²) in [5.41, 5.74) is 9.01. The molecular weight excluding hydrogens is 1070 g/mol. The third-order valence-corrected chi connectivity index (χ3v) is 18.0. The Balaban J connectivity index is 0.791. The van der Waals surface area contributed by atoms with Gasteiger partial charge in [0.25, 0.3) is 0 Å². The van der Waals surface area contributed by atoms with E-state index in [0.29, 0.717) is 76.7 Å². The van der Waals surface area contributed by atoms with Crippen molar-refractivity contribution in [2.75, 3.05) is 44.4 Å². The van der Waals surface area contributed by atoms with Gasteiger partial charge in [-0.1, -0.05) is 67.6 Å². The molecule has 2 bridgehead atoms. The number of amides is 2. The number of aryl methyl sites for hydroxylation is 1. The summed E-state index contributed by atoms with van der Waals surface area (Å²) in [5.74, 6) is -1.86. The number of aromatic nitrogens is 8. The van der Waals surface area contributed by atoms with Crippen molar-refractivity contribution in [3.8, 4) is 44.6 Å². The lowest BCUT2D eigenvalue weighted by molar-refractivity contribution is -0.142. The summed E-state index contributed by atoms with van der Waals surface area (Å²) < 4.78 is 52.7. The number of nitrogens with zero attached hydrogens (tertiary/aromatic N) is 9. The normalized spacial score (nSPS) is 20.8. The first-order chi connectivity index (χ1) is 39.8. The number of ether oxygens (including phenoxy) is 3. The maximum absolute atomic E-state index is 16.2. The molecule has 1 aliphatic carbocycles. The highest BCUT2D eigenvalue weighted by Crippen LogP contribution is 2.54. The summed E-state index contributed by atoms with van der Waals surface area (Å²) in [7, 11) is 0. The van der Waals surface area contributed by atoms with Gasteiger partial charge in [0.2, 0.25) is 11.8 Å². The summed E-state index contributed by atoms with van der Waals surface area (Å²) in [6.45, 7) is 9.66. The van der Waals surface area contributed by atoms with Crippen LogP contribution in [0.2, 0.25) is 0 Å². The number of rotatable bonds is 17. The lowest BCUT2D eigenvalue weighted by Crippen LogP contribution is -2.50. The van der Waals surface area contributed by atoms with E-state index in [1.165, 1.54) is 27.1 Å². The summed E-state index contributed by atoms with van der Waals surface area (Å²) in [6.07, 6.45) is 6.34. The van der Waals surface area contributed by atoms with Crippen LogP contribution in [0.5, 0.6) is 11.8 Å². The molecule has 4 saturated heterocycles. The molecule has 426 valence electrons. The molecule has 0 unspecified atom stereocenters. The summed E-state index contributed by atoms with van der Waals surface area (Å²) >= 11 is 1.54. The van der Waals surface area contributed by atoms with Crippen LogP contribution in [-0.4, -0.2) is 137 Å². The zero-order chi connectivity index (χ0) is 56.5. The van der Waals surface area contributed by atoms with Gasteiger partial charge in [-0.3, -0.25) is 14.7 Å². The number of carbonyl (C=O) groups is 2. The summed E-state index contributed by atoms with van der Waals surface area (Å²) in [4.78, 5) is 48.1. The molecule has 13 rings (SSSR count). The maximum atomic E-state index is 16.2. The molecule has 0 spiro atoms. The van der Waals surface area contributed by atoms with Crippen LogP contribution in [0.15, 0.2) is 72.5 Å². The SMILES string of the molecule is Cc1ncsc1-c1ccc([C@H](CO)NC(=O)[C@@H]2C[C@@H](O)CN2C(=O)[C@H](C(C)C)n2cc(-c3ccc(COc4c(-c5c(C)c(F)c(F)c6[nH]ncc56)c(C5CC5)cc5c(N6C[C@@H]7C[C@H]6CN7)nc(OC6CCOCC6)nc45)cc3)nn2)cc1. The van der Waals surface area contributed by atoms with Gasteiger partial charge in [0.1, 0.15) is 47.3 Å². The Kier molecular flexibility index (Phi) is 14.4. The van der Waals surface area contributed by atoms with E-state index in [9.17, 15) is 19.8 Å². The number of fused-ring (bicyclic) bond motifs is 4. The van der Waals surface area contributed by atoms with E-state index in [1.54, 1.807) is 18.6 Å². The first kappa shape index (κ1) is 53.8. The highest BCUT2D eigenvalue weighted by molar-refractivity contribution is 7.13. The average Bonchev–Trinajstić information content (AvgIpc) is 3.25. The van der Waals surface area contributed by atoms with Crippen molar-refractivity contribution in [3.05, 3.63) is 112 Å². The van der Waals surface area contributed by atoms with E-state index in [4.69, 9.17) is 24.2 Å². The van der Waals surface area contributed by atoms with Crippen molar-refractivity contribution < 1.29 is 42.8 Å². The van der Waals surface area contributed by atoms with Crippen LogP contribution >= 0.6 is 11.3 Å². The van der Waals surface area contributed by atoms with Crippen molar-refractivity contribution in [2.24, 2.45) is 5.92 Å². The smallest absolute Gasteiger partial charge is 0.319 e. The molecule has 8 aromatic rings. The Morgan fingerprint density at radius 1 is 0.951 bits per heavy atom. The lowest BCUT2D eigenvalue weighted by atomic mass is 9.88. The van der Waals surface area contributed by atoms with Gasteiger partial charge >= 0.3 is 6.01 Å². The van der Waals surface area contributed by atoms with Crippen molar-refractivity contribution >= 4 is 50.8 Å². The van der Waals surface area contributed by atoms with Gasteiger partial charge in [0.05, 0.1) is 60.4 Å². The molecule has 5 fully saturated rings. The second-order valence-electron chi connectivity index (χ2n) is 22.8. The third-order valence-electron chi connectivity index (χ3n) is 17.0. The van der Waals surface area contributed by atoms with Crippen molar-refractivity contribution in [1.29, 1.82) is 0 Å². The van der Waals surface area contributed by atoms with E-state index in [0.717, 1.165) is 70.8 Å². The van der Waals surface area contributed by atoms with Gasteiger partial charge in [-0.05, 0) is 78.8 Å². The number of nitrogens with one attached hydrogen (secondary N) is 3. The lowest BCUT2D eigenvalue weighted by Gasteiger charge is -2.31. The molecule has 5 aliphatic rings. The Hall–Kier alpha value is -7.50. The fourth-order valence-electron chi connectivity index (χ4n) is 12.5. The number of aliphatic hydroxyl groups excluding tert-OH is 2. The summed E-state index contributed by atoms with van der Waals surface area (Å²) in [5, 5.41) is 45.0. The minimum Gasteiger partial charge on any atom is -0.486 e. The number of benzene rings is 4. The molecule has 4 aliphatic heterocycles. The topological polar surface area (TPSA) is 231 Å². The number of H-pyrrole nitrogens is 1. The highest BCUT2D eigenvalue weighted by Gasteiger charge is 2.44. The zero-order valence-electron chi connectivity index (χ0n) is 45.9. The molecule has 4 aromatic carbocycles. The predicted molar refractivity (Wildman–Crippen MR) is 303 cm³/mol. The molecule has 4 aromatic heterocycles. The van der Waals surface area contributed by atoms with E-state index >= 15 is 8.78 Å². The van der Waals surface area contributed by atoms with Gasteiger partial charge in [-0.25, -0.2) is 18.4 Å². The third kappa shape index (κ3) is 10.0. The number of aliphatic hydroxyl groups is 2. The van der Waals surface area contributed by atoms with Crippen molar-refractivity contribution in [1.82, 2.24) is 55.7 Å². The molecule has 2 amide bonds. The fraction of sp³-hybridized carbons (Fsp3) is 0.433. The Bertz CT molecular complexity index is 3710. The molecular formula is C60H64F2N12O7S. The second kappa shape index (κ2) is 22.0. The number of aromatic amines is 1. The van der Waals surface area contributed by atoms with E-state index in [1.807, 2.05) is 69.3 Å². The van der Waals surface area contributed by atoms with Crippen LogP contribution < -0.4 is 25.0 Å². The van der Waals surface area contributed by atoms with Gasteiger partial charge in [0, 0.05) is 78.4 Å². The quantitative estimate of drug-likeness (QED) is 0.0581. The number of likely N-dealkylation sites (tertiary alicyclic amines) is 1. The van der Waals surface area contributed by atoms with Crippen LogP contribution in [-0.2, 0) is 20.9 Å². The molecule has 5 N–H and O–H groups in total. The molecule has 22 heteroatoms. The van der Waals surface area contributed by atoms with Crippen LogP contribution in [0.4, 0.5) is 14.6 Å². The Morgan fingerprint density at radius 2 is 1.73 bits per heavy atom. The highest BCUT2D eigenvalue weighted by atomic mass is 32.1. The van der Waals surface area contributed by atoms with E-state index in [-0.39, 0.29) is 67.3 Å². The Labute approximate surface area is 475 Å². The monoisotopic (exact) mass is 1130 g/mol. The van der Waals surface area contributed by atoms with Crippen LogP contribution in [0.1, 0.15) is 98.3 Å². The Morgan fingerprint density at radius 3 is 2.43 bits per heavy atom. The number of hydrogen-bond acceptors (Lipinski definition) is 16. The fourth-order valence-corrected chi connectivity index (χ4v) is 13.3. The van der Waals surface area contributed by atoms with E-state index < -0.39 is 47.7 Å². The van der Waals surface area contributed by atoms with Gasteiger partial charge in [0.15, 0.2) is 17.4 Å². The van der Waals surface area contributed by atoms with Crippen molar-refractivity contribution in [2.45, 2.75) is 121 Å². The number of hydrogen-bond donors (Lipinski definition) is 5. The number of piperazine rings is 1. The molecule has 8 heterocycles. The number of β-amino-alcohol motifs (C(OH)–C–C–N with tert-alkyl or cyclic N) is 1. The van der Waals surface area contributed by atoms with Gasteiger partial charge in [-0.2, -0.15) is 15.1 Å². The maximum Gasteiger partial charge on any atom is 0.319 e. The average molecular weight is 1140 g/mol. The summed E-state index contributed by atoms with van der Waals surface area (Å²) in [6, 6.07) is 15.5. The molecule has 0 radical (unpaired) electrons. The first-order valence-electron chi connectivity index (χ1n) is 28.3. The zero-order valence-corrected chi connectivity index (χ0v) is 46.8. The largest absolute Gasteiger partial charge is 0.486 e. The minimum absolute atomic E-state index is 0.0309. The number of halogens is 2. The van der Waals surface area contributed by atoms with E-state index in [2.05, 4.69) is 47.1 Å². The number of anilines is 1. The second-order valence-corrected chi connectivity index (χ2v) is 23.7. The number of carbonyl (C=O) groups excluding carboxylic acids is 2. The predicted octanol–water partition coefficient (Wildman–Crippen LogP) is 8.02. The first-order valence-corrected chi connectivity index (χ1v) is 29.2. The molecule has 82 heavy (non-hydrogen) atoms. The standard InChI is InChI=1S/C60H64F2N12O7S/c1-30(2)54(59(78)73-25-40(76)20-47(73)58(77)66-46(27-75)36-11-13-37(14-12-36)56-32(4)64-29-82-56)74-26-45(69-71-74)35-7-5-33(6-8-35)28-80-55-49(48-31(3)50(61)51(62)52-44(48)23-65-70-52)42(34-9-10-34)21-43-53(55)67-60(81-41-15-17-79-18-16-41)68-57(43)72-24-38-19-39(72)22-63-38/h5-8,11-14,21,23,26,29-30,34,38-41,46-47,54,63,75-76H,9-10,15-20,22,24-25,27-28H2,1-4H3,(H,65,70)(H,66,77)/t38-,39-,40+,46-,47-,54-/m0/s1. The molecule has 1 saturated carbocycles. The molecule has 19 nitrogen and oxygen atoms in total. The van der Waals surface area contributed by atoms with Crippen LogP contribution in [0.3, 0.4) is 0 Å². The molecule has 6 atom stereocenters. The van der Waals surface area contributed by atoms with Crippen LogP contribution in [0, 0.1) is 31.4 Å². The minimum atomic E-state index is -1.000. The van der Waals surface area contributed by atoms with Crippen LogP contribution in [0.25, 0.3) is 54.6 Å². The number of thiazole rings is 1. The van der Waals surface area contributed by atoms with Crippen molar-refractivity contribution in [3.63, 3.8) is 0 Å². The van der Waals surface area contributed by atoms with Gasteiger partial charge in [-0.15, -0.1) is 16.4 Å².